The van der Waals surface area contributed by atoms with Gasteiger partial charge in [-0.15, -0.1) is 0 Å². The van der Waals surface area contributed by atoms with Crippen molar-refractivity contribution >= 4 is 5.78 Å². The molecule has 0 amide bonds. The Morgan fingerprint density at radius 1 is 1.38 bits per heavy atom. The lowest BCUT2D eigenvalue weighted by atomic mass is 10.1. The predicted octanol–water partition coefficient (Wildman–Crippen LogP) is 2.96. The van der Waals surface area contributed by atoms with Crippen molar-refractivity contribution in [2.75, 3.05) is 0 Å². The fourth-order valence-corrected chi connectivity index (χ4v) is 3.11. The highest BCUT2D eigenvalue weighted by molar-refractivity contribution is 5.65. The summed E-state index contributed by atoms with van der Waals surface area (Å²) in [5, 5.41) is 3.99. The zero-order valence-corrected chi connectivity index (χ0v) is 13.9. The third-order valence-electron chi connectivity index (χ3n) is 4.68. The smallest absolute Gasteiger partial charge is 0.328 e. The Kier molecular flexibility index (Phi) is 3.35. The molecule has 1 aliphatic carbocycles. The quantitative estimate of drug-likeness (QED) is 0.722. The largest absolute Gasteiger partial charge is 0.434 e. The van der Waals surface area contributed by atoms with Gasteiger partial charge in [-0.2, -0.15) is 18.3 Å². The van der Waals surface area contributed by atoms with Gasteiger partial charge in [0.1, 0.15) is 5.67 Å². The summed E-state index contributed by atoms with van der Waals surface area (Å²) in [7, 11) is 0. The van der Waals surface area contributed by atoms with Gasteiger partial charge >= 0.3 is 6.18 Å². The van der Waals surface area contributed by atoms with Crippen molar-refractivity contribution in [1.82, 2.24) is 24.1 Å². The molecule has 26 heavy (non-hydrogen) atoms. The first-order valence-electron chi connectivity index (χ1n) is 7.97. The molecule has 1 N–H and O–H groups in total. The number of aromatic amines is 1. The number of aryl methyl sites for hydroxylation is 1. The van der Waals surface area contributed by atoms with Crippen LogP contribution in [-0.4, -0.2) is 29.8 Å². The van der Waals surface area contributed by atoms with Crippen molar-refractivity contribution < 1.29 is 17.6 Å². The zero-order chi connectivity index (χ0) is 18.9. The molecule has 1 unspecified atom stereocenters. The molecule has 1 saturated carbocycles. The summed E-state index contributed by atoms with van der Waals surface area (Å²) in [6, 6.07) is 0. The molecule has 0 aromatic carbocycles. The minimum absolute atomic E-state index is 0.00397. The van der Waals surface area contributed by atoms with E-state index in [1.54, 1.807) is 6.92 Å². The summed E-state index contributed by atoms with van der Waals surface area (Å²) in [6.45, 7) is 3.33. The molecule has 138 valence electrons. The SMILES string of the molecule is Cc1cn2c(=O)c(-c3cnn(C[C@H]4CC4(C)F)c3)c(C(F)(F)F)nc2[nH]1. The molecule has 6 nitrogen and oxygen atoms in total. The van der Waals surface area contributed by atoms with E-state index in [-0.39, 0.29) is 23.8 Å². The predicted molar refractivity (Wildman–Crippen MR) is 84.4 cm³/mol. The Hall–Kier alpha value is -2.65. The monoisotopic (exact) mass is 369 g/mol. The standard InChI is InChI=1S/C16H15F4N5O/c1-8-5-25-13(26)11(12(16(18,19)20)23-14(25)22-8)9-4-21-24(6-9)7-10-3-15(10,2)17/h4-6,10H,3,7H2,1-2H3,(H,22,23)/t10-,15?/m1/s1. The molecule has 0 bridgehead atoms. The van der Waals surface area contributed by atoms with Gasteiger partial charge in [-0.25, -0.2) is 9.37 Å². The second kappa shape index (κ2) is 5.18. The van der Waals surface area contributed by atoms with Crippen molar-refractivity contribution in [2.45, 2.75) is 38.7 Å². The lowest BCUT2D eigenvalue weighted by Crippen LogP contribution is -2.23. The summed E-state index contributed by atoms with van der Waals surface area (Å²) < 4.78 is 56.5. The Bertz CT molecular complexity index is 1060. The van der Waals surface area contributed by atoms with Crippen LogP contribution in [0.15, 0.2) is 23.4 Å². The van der Waals surface area contributed by atoms with E-state index in [0.29, 0.717) is 12.1 Å². The van der Waals surface area contributed by atoms with Gasteiger partial charge in [0, 0.05) is 36.1 Å². The third kappa shape index (κ3) is 2.69. The van der Waals surface area contributed by atoms with Crippen molar-refractivity contribution in [1.29, 1.82) is 0 Å². The second-order valence-electron chi connectivity index (χ2n) is 6.90. The summed E-state index contributed by atoms with van der Waals surface area (Å²) in [5.74, 6) is -0.409. The van der Waals surface area contributed by atoms with Crippen LogP contribution in [0.3, 0.4) is 0 Å². The van der Waals surface area contributed by atoms with Gasteiger partial charge in [-0.3, -0.25) is 13.9 Å². The topological polar surface area (TPSA) is 68.0 Å². The van der Waals surface area contributed by atoms with E-state index < -0.39 is 28.7 Å². The molecule has 0 saturated heterocycles. The number of H-pyrrole nitrogens is 1. The molecule has 1 aliphatic rings. The first-order valence-corrected chi connectivity index (χ1v) is 7.97. The van der Waals surface area contributed by atoms with E-state index in [4.69, 9.17) is 0 Å². The number of nitrogens with zero attached hydrogens (tertiary/aromatic N) is 4. The Labute approximate surface area is 144 Å². The molecular formula is C16H15F4N5O. The summed E-state index contributed by atoms with van der Waals surface area (Å²) in [6.07, 6.45) is -0.532. The number of imidazole rings is 1. The number of hydrogen-bond donors (Lipinski definition) is 1. The molecule has 3 aromatic heterocycles. The molecule has 10 heteroatoms. The highest BCUT2D eigenvalue weighted by Crippen LogP contribution is 2.47. The first kappa shape index (κ1) is 16.8. The van der Waals surface area contributed by atoms with Crippen LogP contribution < -0.4 is 5.56 Å². The number of nitrogens with one attached hydrogen (secondary N) is 1. The van der Waals surface area contributed by atoms with Crippen LogP contribution in [0.2, 0.25) is 0 Å². The number of alkyl halides is 4. The molecule has 2 atom stereocenters. The van der Waals surface area contributed by atoms with Crippen molar-refractivity contribution in [2.24, 2.45) is 5.92 Å². The van der Waals surface area contributed by atoms with E-state index in [0.717, 1.165) is 4.40 Å². The third-order valence-corrected chi connectivity index (χ3v) is 4.68. The number of fused-ring (bicyclic) bond motifs is 1. The maximum Gasteiger partial charge on any atom is 0.434 e. The minimum Gasteiger partial charge on any atom is -0.328 e. The van der Waals surface area contributed by atoms with Crippen LogP contribution in [-0.2, 0) is 12.7 Å². The van der Waals surface area contributed by atoms with Gasteiger partial charge in [0.15, 0.2) is 5.69 Å². The van der Waals surface area contributed by atoms with Crippen LogP contribution in [0.4, 0.5) is 17.6 Å². The first-order chi connectivity index (χ1) is 12.1. The van der Waals surface area contributed by atoms with Gasteiger partial charge in [-0.1, -0.05) is 0 Å². The molecule has 0 radical (unpaired) electrons. The molecule has 1 fully saturated rings. The zero-order valence-electron chi connectivity index (χ0n) is 13.9. The lowest BCUT2D eigenvalue weighted by Gasteiger charge is -2.10. The minimum atomic E-state index is -4.81. The highest BCUT2D eigenvalue weighted by atomic mass is 19.4. The van der Waals surface area contributed by atoms with Gasteiger partial charge in [0.25, 0.3) is 5.56 Å². The number of hydrogen-bond acceptors (Lipinski definition) is 3. The summed E-state index contributed by atoms with van der Waals surface area (Å²) in [5.41, 5.74) is -3.44. The second-order valence-corrected chi connectivity index (χ2v) is 6.90. The van der Waals surface area contributed by atoms with Crippen LogP contribution in [0, 0.1) is 12.8 Å². The van der Waals surface area contributed by atoms with E-state index in [1.807, 2.05) is 0 Å². The Morgan fingerprint density at radius 3 is 2.69 bits per heavy atom. The Morgan fingerprint density at radius 2 is 2.08 bits per heavy atom. The fraction of sp³-hybridized carbons (Fsp3) is 0.438. The van der Waals surface area contributed by atoms with E-state index >= 15 is 0 Å². The normalized spacial score (nSPS) is 22.9. The van der Waals surface area contributed by atoms with Crippen LogP contribution in [0.25, 0.3) is 16.9 Å². The average Bonchev–Trinajstić information content (AvgIpc) is 2.90. The van der Waals surface area contributed by atoms with Crippen LogP contribution in [0.5, 0.6) is 0 Å². The maximum absolute atomic E-state index is 13.7. The van der Waals surface area contributed by atoms with Gasteiger partial charge in [0.2, 0.25) is 5.78 Å². The van der Waals surface area contributed by atoms with Crippen LogP contribution >= 0.6 is 0 Å². The Balaban J connectivity index is 1.84. The average molecular weight is 369 g/mol. The van der Waals surface area contributed by atoms with Gasteiger partial charge < -0.3 is 4.98 Å². The van der Waals surface area contributed by atoms with E-state index in [2.05, 4.69) is 15.1 Å². The molecule has 4 rings (SSSR count). The molecule has 0 spiro atoms. The number of rotatable bonds is 3. The van der Waals surface area contributed by atoms with Gasteiger partial charge in [-0.05, 0) is 20.3 Å². The van der Waals surface area contributed by atoms with Crippen molar-refractivity contribution in [3.63, 3.8) is 0 Å². The van der Waals surface area contributed by atoms with Crippen molar-refractivity contribution in [3.8, 4) is 11.1 Å². The fourth-order valence-electron chi connectivity index (χ4n) is 3.11. The lowest BCUT2D eigenvalue weighted by molar-refractivity contribution is -0.140. The number of aromatic nitrogens is 5. The van der Waals surface area contributed by atoms with E-state index in [1.165, 1.54) is 30.2 Å². The molecule has 3 aromatic rings. The molecule has 0 aliphatic heterocycles. The summed E-state index contributed by atoms with van der Waals surface area (Å²) >= 11 is 0. The van der Waals surface area contributed by atoms with Crippen molar-refractivity contribution in [3.05, 3.63) is 40.3 Å². The summed E-state index contributed by atoms with van der Waals surface area (Å²) in [4.78, 5) is 18.9. The van der Waals surface area contributed by atoms with Gasteiger partial charge in [0.05, 0.1) is 11.8 Å². The van der Waals surface area contributed by atoms with E-state index in [9.17, 15) is 22.4 Å². The molecular weight excluding hydrogens is 354 g/mol. The maximum atomic E-state index is 13.7. The molecule has 3 heterocycles. The number of halogens is 4. The van der Waals surface area contributed by atoms with Crippen LogP contribution in [0.1, 0.15) is 24.7 Å². The highest BCUT2D eigenvalue weighted by Gasteiger charge is 2.51.